The van der Waals surface area contributed by atoms with Crippen LogP contribution < -0.4 is 0 Å². The molecule has 0 spiro atoms. The van der Waals surface area contributed by atoms with Crippen molar-refractivity contribution in [3.05, 3.63) is 0 Å². The van der Waals surface area contributed by atoms with Crippen molar-refractivity contribution in [1.29, 1.82) is 0 Å². The number of ether oxygens (including phenoxy) is 5. The summed E-state index contributed by atoms with van der Waals surface area (Å²) in [6.07, 6.45) is 7.01. The summed E-state index contributed by atoms with van der Waals surface area (Å²) in [6, 6.07) is 0.608. The zero-order valence-corrected chi connectivity index (χ0v) is 16.9. The molecule has 2 aliphatic carbocycles. The molecule has 0 aromatic heterocycles. The molecule has 6 nitrogen and oxygen atoms in total. The minimum absolute atomic E-state index is 0.116. The fourth-order valence-electron chi connectivity index (χ4n) is 7.27. The van der Waals surface area contributed by atoms with E-state index in [1.807, 2.05) is 21.3 Å². The maximum Gasteiger partial charge on any atom is 0.147 e. The molecule has 5 rings (SSSR count). The van der Waals surface area contributed by atoms with E-state index in [9.17, 15) is 0 Å². The molecule has 5 fully saturated rings. The molecular formula is C21H35NO5. The van der Waals surface area contributed by atoms with Gasteiger partial charge in [-0.25, -0.2) is 0 Å². The fourth-order valence-corrected chi connectivity index (χ4v) is 7.27. The summed E-state index contributed by atoms with van der Waals surface area (Å²) < 4.78 is 29.6. The van der Waals surface area contributed by atoms with Gasteiger partial charge in [0.25, 0.3) is 0 Å². The Kier molecular flexibility index (Phi) is 5.24. The molecule has 27 heavy (non-hydrogen) atoms. The van der Waals surface area contributed by atoms with E-state index in [1.54, 1.807) is 0 Å². The van der Waals surface area contributed by atoms with Crippen molar-refractivity contribution in [2.45, 2.75) is 68.7 Å². The molecule has 3 aliphatic heterocycles. The maximum absolute atomic E-state index is 6.06. The second-order valence-corrected chi connectivity index (χ2v) is 9.29. The minimum atomic E-state index is 0.116. The van der Waals surface area contributed by atoms with Crippen LogP contribution in [-0.4, -0.2) is 82.7 Å². The molecule has 3 heterocycles. The van der Waals surface area contributed by atoms with Crippen LogP contribution in [0.1, 0.15) is 32.1 Å². The Morgan fingerprint density at radius 3 is 2.48 bits per heavy atom. The lowest BCUT2D eigenvalue weighted by atomic mass is 9.61. The van der Waals surface area contributed by atoms with Crippen molar-refractivity contribution in [2.24, 2.45) is 23.7 Å². The Balaban J connectivity index is 1.38. The van der Waals surface area contributed by atoms with Crippen LogP contribution in [0.25, 0.3) is 0 Å². The van der Waals surface area contributed by atoms with Crippen LogP contribution in [0.4, 0.5) is 0 Å². The van der Waals surface area contributed by atoms with Crippen molar-refractivity contribution < 1.29 is 23.7 Å². The summed E-state index contributed by atoms with van der Waals surface area (Å²) in [5, 5.41) is 0. The quantitative estimate of drug-likeness (QED) is 0.744. The maximum atomic E-state index is 6.06. The number of rotatable bonds is 3. The van der Waals surface area contributed by atoms with Crippen LogP contribution in [-0.2, 0) is 23.7 Å². The highest BCUT2D eigenvalue weighted by Gasteiger charge is 2.56. The van der Waals surface area contributed by atoms with E-state index in [4.69, 9.17) is 23.7 Å². The molecule has 0 N–H and O–H groups in total. The van der Waals surface area contributed by atoms with Gasteiger partial charge in [-0.05, 0) is 50.5 Å². The lowest BCUT2D eigenvalue weighted by Gasteiger charge is -2.58. The highest BCUT2D eigenvalue weighted by atomic mass is 16.7. The zero-order chi connectivity index (χ0) is 18.5. The third-order valence-corrected chi connectivity index (χ3v) is 8.44. The average molecular weight is 382 g/mol. The molecule has 3 saturated heterocycles. The van der Waals surface area contributed by atoms with E-state index in [0.29, 0.717) is 30.6 Å². The van der Waals surface area contributed by atoms with Gasteiger partial charge in [-0.2, -0.15) is 0 Å². The van der Waals surface area contributed by atoms with Crippen LogP contribution in [0.5, 0.6) is 0 Å². The van der Waals surface area contributed by atoms with E-state index >= 15 is 0 Å². The lowest BCUT2D eigenvalue weighted by molar-refractivity contribution is -0.175. The average Bonchev–Trinajstić information content (AvgIpc) is 3.17. The van der Waals surface area contributed by atoms with E-state index < -0.39 is 0 Å². The number of hydrogen-bond donors (Lipinski definition) is 0. The number of nitrogens with zero attached hydrogens (tertiary/aromatic N) is 1. The number of piperidine rings is 2. The van der Waals surface area contributed by atoms with Crippen molar-refractivity contribution in [1.82, 2.24) is 4.90 Å². The van der Waals surface area contributed by atoms with Gasteiger partial charge in [-0.3, -0.25) is 4.90 Å². The molecule has 10 unspecified atom stereocenters. The summed E-state index contributed by atoms with van der Waals surface area (Å²) >= 11 is 0. The highest BCUT2D eigenvalue weighted by Crippen LogP contribution is 2.50. The normalized spacial score (nSPS) is 52.6. The highest BCUT2D eigenvalue weighted by molar-refractivity contribution is 5.07. The molecule has 6 heteroatoms. The molecule has 0 bridgehead atoms. The fraction of sp³-hybridized carbons (Fsp3) is 1.00. The second kappa shape index (κ2) is 7.54. The Hall–Kier alpha value is -0.240. The summed E-state index contributed by atoms with van der Waals surface area (Å²) in [5.74, 6) is 2.58. The summed E-state index contributed by atoms with van der Waals surface area (Å²) in [4.78, 5) is 2.74. The Morgan fingerprint density at radius 1 is 0.852 bits per heavy atom. The van der Waals surface area contributed by atoms with Gasteiger partial charge < -0.3 is 23.7 Å². The van der Waals surface area contributed by atoms with Crippen molar-refractivity contribution in [2.75, 3.05) is 41.2 Å². The molecular weight excluding hydrogens is 346 g/mol. The third-order valence-electron chi connectivity index (χ3n) is 8.44. The topological polar surface area (TPSA) is 49.4 Å². The van der Waals surface area contributed by atoms with Crippen molar-refractivity contribution in [3.8, 4) is 0 Å². The summed E-state index contributed by atoms with van der Waals surface area (Å²) in [5.41, 5.74) is 0. The second-order valence-electron chi connectivity index (χ2n) is 9.29. The van der Waals surface area contributed by atoms with Crippen LogP contribution in [0.15, 0.2) is 0 Å². The molecule has 2 saturated carbocycles. The summed E-state index contributed by atoms with van der Waals surface area (Å²) in [6.45, 7) is 2.76. The van der Waals surface area contributed by atoms with E-state index in [1.165, 1.54) is 25.8 Å². The van der Waals surface area contributed by atoms with Gasteiger partial charge in [-0.1, -0.05) is 0 Å². The zero-order valence-electron chi connectivity index (χ0n) is 16.9. The standard InChI is InChI=1S/C21H35NO5/c1-23-16-5-4-12-8-15-18-13(6-7-22(15)10-14(12)19(16)24-2)9-17-20(21(18)25-3)27-11-26-17/h12-21H,4-11H2,1-3H3. The predicted octanol–water partition coefficient (Wildman–Crippen LogP) is 1.91. The van der Waals surface area contributed by atoms with E-state index in [0.717, 1.165) is 25.3 Å². The Bertz CT molecular complexity index is 533. The van der Waals surface area contributed by atoms with Gasteiger partial charge in [0, 0.05) is 45.8 Å². The molecule has 0 aromatic rings. The predicted molar refractivity (Wildman–Crippen MR) is 99.4 cm³/mol. The Labute approximate surface area is 162 Å². The first-order chi connectivity index (χ1) is 13.2. The van der Waals surface area contributed by atoms with Gasteiger partial charge in [0.15, 0.2) is 0 Å². The monoisotopic (exact) mass is 381 g/mol. The molecule has 5 aliphatic rings. The first-order valence-electron chi connectivity index (χ1n) is 10.8. The third kappa shape index (κ3) is 2.99. The minimum Gasteiger partial charge on any atom is -0.379 e. The molecule has 0 radical (unpaired) electrons. The SMILES string of the molecule is COC1CCC2CC3C4C(CCN3CC2C1OC)CC1OCOC1C4OC. The van der Waals surface area contributed by atoms with Gasteiger partial charge >= 0.3 is 0 Å². The van der Waals surface area contributed by atoms with Gasteiger partial charge in [0.1, 0.15) is 12.9 Å². The smallest absolute Gasteiger partial charge is 0.147 e. The summed E-state index contributed by atoms with van der Waals surface area (Å²) in [7, 11) is 5.55. The largest absolute Gasteiger partial charge is 0.379 e. The van der Waals surface area contributed by atoms with Crippen LogP contribution in [0, 0.1) is 23.7 Å². The van der Waals surface area contributed by atoms with E-state index in [-0.39, 0.29) is 30.5 Å². The van der Waals surface area contributed by atoms with Crippen molar-refractivity contribution in [3.63, 3.8) is 0 Å². The molecule has 10 atom stereocenters. The Morgan fingerprint density at radius 2 is 1.70 bits per heavy atom. The molecule has 154 valence electrons. The van der Waals surface area contributed by atoms with E-state index in [2.05, 4.69) is 4.90 Å². The number of hydrogen-bond acceptors (Lipinski definition) is 6. The van der Waals surface area contributed by atoms with Gasteiger partial charge in [0.2, 0.25) is 0 Å². The molecule has 0 amide bonds. The van der Waals surface area contributed by atoms with Gasteiger partial charge in [0.05, 0.1) is 24.4 Å². The number of methoxy groups -OCH3 is 3. The lowest BCUT2D eigenvalue weighted by Crippen LogP contribution is -2.65. The van der Waals surface area contributed by atoms with Crippen molar-refractivity contribution >= 4 is 0 Å². The van der Waals surface area contributed by atoms with Crippen LogP contribution >= 0.6 is 0 Å². The first kappa shape index (κ1) is 18.8. The first-order valence-corrected chi connectivity index (χ1v) is 10.8. The molecule has 0 aromatic carbocycles. The van der Waals surface area contributed by atoms with Gasteiger partial charge in [-0.15, -0.1) is 0 Å². The number of fused-ring (bicyclic) bond motifs is 5. The van der Waals surface area contributed by atoms with Crippen LogP contribution in [0.2, 0.25) is 0 Å². The van der Waals surface area contributed by atoms with Crippen LogP contribution in [0.3, 0.4) is 0 Å².